The monoisotopic (exact) mass is 330 g/mol. The molecular formula is C15H11ClN4OS. The van der Waals surface area contributed by atoms with Gasteiger partial charge in [0.25, 0.3) is 5.91 Å². The summed E-state index contributed by atoms with van der Waals surface area (Å²) in [4.78, 5) is 13.0. The number of amides is 1. The van der Waals surface area contributed by atoms with Gasteiger partial charge in [0.05, 0.1) is 16.8 Å². The van der Waals surface area contributed by atoms with E-state index in [9.17, 15) is 4.79 Å². The number of aromatic amines is 1. The van der Waals surface area contributed by atoms with Crippen molar-refractivity contribution in [3.05, 3.63) is 64.1 Å². The maximum atomic E-state index is 12.0. The fraction of sp³-hybridized carbons (Fsp3) is 0. The van der Waals surface area contributed by atoms with Gasteiger partial charge in [-0.25, -0.2) is 5.43 Å². The number of nitrogens with one attached hydrogen (secondary N) is 2. The van der Waals surface area contributed by atoms with Crippen LogP contribution in [-0.2, 0) is 0 Å². The molecule has 0 radical (unpaired) electrons. The molecule has 0 aliphatic heterocycles. The Bertz CT molecular complexity index is 811. The molecule has 7 heteroatoms. The second kappa shape index (κ2) is 6.55. The van der Waals surface area contributed by atoms with Gasteiger partial charge in [0, 0.05) is 5.02 Å². The highest BCUT2D eigenvalue weighted by molar-refractivity contribution is 7.13. The lowest BCUT2D eigenvalue weighted by Gasteiger charge is -1.96. The van der Waals surface area contributed by atoms with E-state index in [1.165, 1.54) is 6.21 Å². The van der Waals surface area contributed by atoms with Crippen molar-refractivity contribution in [2.24, 2.45) is 5.10 Å². The molecule has 0 fully saturated rings. The van der Waals surface area contributed by atoms with Crippen molar-refractivity contribution in [3.8, 4) is 10.6 Å². The Morgan fingerprint density at radius 3 is 3.00 bits per heavy atom. The van der Waals surface area contributed by atoms with Gasteiger partial charge in [-0.15, -0.1) is 11.3 Å². The third-order valence-corrected chi connectivity index (χ3v) is 3.96. The van der Waals surface area contributed by atoms with Crippen LogP contribution in [0.4, 0.5) is 0 Å². The summed E-state index contributed by atoms with van der Waals surface area (Å²) >= 11 is 7.44. The normalized spacial score (nSPS) is 11.0. The molecule has 0 atom stereocenters. The number of H-pyrrole nitrogens is 1. The third-order valence-electron chi connectivity index (χ3n) is 2.83. The van der Waals surface area contributed by atoms with E-state index in [0.29, 0.717) is 5.02 Å². The van der Waals surface area contributed by atoms with Crippen LogP contribution in [0.15, 0.2) is 52.9 Å². The number of halogens is 1. The first-order valence-corrected chi connectivity index (χ1v) is 7.66. The van der Waals surface area contributed by atoms with Crippen LogP contribution in [0.5, 0.6) is 0 Å². The van der Waals surface area contributed by atoms with Crippen molar-refractivity contribution in [1.82, 2.24) is 15.6 Å². The van der Waals surface area contributed by atoms with Gasteiger partial charge in [-0.2, -0.15) is 10.2 Å². The van der Waals surface area contributed by atoms with Crippen molar-refractivity contribution in [1.29, 1.82) is 0 Å². The number of carbonyl (C=O) groups excluding carboxylic acids is 1. The summed E-state index contributed by atoms with van der Waals surface area (Å²) < 4.78 is 0. The zero-order chi connectivity index (χ0) is 15.4. The van der Waals surface area contributed by atoms with E-state index in [-0.39, 0.29) is 11.6 Å². The number of thiophene rings is 1. The largest absolute Gasteiger partial charge is 0.291 e. The Morgan fingerprint density at radius 2 is 2.23 bits per heavy atom. The second-order valence-corrected chi connectivity index (χ2v) is 5.78. The summed E-state index contributed by atoms with van der Waals surface area (Å²) in [5, 5.41) is 13.3. The molecule has 110 valence electrons. The SMILES string of the molecule is O=C(NN=Cc1cccc(Cl)c1)c1cc(-c2cccs2)[nH]n1. The topological polar surface area (TPSA) is 70.1 Å². The van der Waals surface area contributed by atoms with Crippen molar-refractivity contribution >= 4 is 35.1 Å². The number of hydrazone groups is 1. The predicted octanol–water partition coefficient (Wildman–Crippen LogP) is 3.56. The van der Waals surface area contributed by atoms with E-state index in [4.69, 9.17) is 11.6 Å². The molecular weight excluding hydrogens is 320 g/mol. The zero-order valence-corrected chi connectivity index (χ0v) is 12.9. The van der Waals surface area contributed by atoms with Crippen LogP contribution in [0.2, 0.25) is 5.02 Å². The fourth-order valence-corrected chi connectivity index (χ4v) is 2.70. The van der Waals surface area contributed by atoms with Gasteiger partial charge in [-0.05, 0) is 35.2 Å². The first-order valence-electron chi connectivity index (χ1n) is 6.40. The molecule has 5 nitrogen and oxygen atoms in total. The minimum Gasteiger partial charge on any atom is -0.276 e. The molecule has 0 saturated heterocycles. The molecule has 1 aromatic carbocycles. The summed E-state index contributed by atoms with van der Waals surface area (Å²) in [6.07, 6.45) is 1.52. The van der Waals surface area contributed by atoms with Crippen LogP contribution < -0.4 is 5.43 Å². The molecule has 22 heavy (non-hydrogen) atoms. The Balaban J connectivity index is 1.65. The van der Waals surface area contributed by atoms with Gasteiger partial charge in [0.2, 0.25) is 0 Å². The molecule has 0 bridgehead atoms. The summed E-state index contributed by atoms with van der Waals surface area (Å²) in [6.45, 7) is 0. The number of benzene rings is 1. The van der Waals surface area contributed by atoms with Crippen molar-refractivity contribution in [2.45, 2.75) is 0 Å². The highest BCUT2D eigenvalue weighted by Crippen LogP contribution is 2.22. The fourth-order valence-electron chi connectivity index (χ4n) is 1.81. The quantitative estimate of drug-likeness (QED) is 0.567. The minimum atomic E-state index is -0.377. The molecule has 3 rings (SSSR count). The number of aromatic nitrogens is 2. The van der Waals surface area contributed by atoms with Crippen LogP contribution in [0, 0.1) is 0 Å². The van der Waals surface area contributed by atoms with Crippen LogP contribution in [0.3, 0.4) is 0 Å². The predicted molar refractivity (Wildman–Crippen MR) is 88.4 cm³/mol. The highest BCUT2D eigenvalue weighted by Gasteiger charge is 2.10. The Hall–Kier alpha value is -2.44. The first kappa shape index (κ1) is 14.5. The molecule has 2 heterocycles. The van der Waals surface area contributed by atoms with E-state index >= 15 is 0 Å². The smallest absolute Gasteiger partial charge is 0.276 e. The van der Waals surface area contributed by atoms with Crippen molar-refractivity contribution < 1.29 is 4.79 Å². The number of rotatable bonds is 4. The van der Waals surface area contributed by atoms with Gasteiger partial charge in [0.15, 0.2) is 5.69 Å². The van der Waals surface area contributed by atoms with Gasteiger partial charge in [0.1, 0.15) is 0 Å². The zero-order valence-electron chi connectivity index (χ0n) is 11.3. The van der Waals surface area contributed by atoms with E-state index in [0.717, 1.165) is 16.1 Å². The van der Waals surface area contributed by atoms with Crippen molar-refractivity contribution in [3.63, 3.8) is 0 Å². The Morgan fingerprint density at radius 1 is 1.32 bits per heavy atom. The van der Waals surface area contributed by atoms with Crippen LogP contribution in [-0.4, -0.2) is 22.3 Å². The molecule has 0 saturated carbocycles. The summed E-state index contributed by atoms with van der Waals surface area (Å²) in [6, 6.07) is 12.8. The van der Waals surface area contributed by atoms with E-state index in [2.05, 4.69) is 20.7 Å². The third kappa shape index (κ3) is 3.41. The van der Waals surface area contributed by atoms with Crippen LogP contribution in [0.25, 0.3) is 10.6 Å². The van der Waals surface area contributed by atoms with Gasteiger partial charge < -0.3 is 0 Å². The average Bonchev–Trinajstić information content (AvgIpc) is 3.18. The summed E-state index contributed by atoms with van der Waals surface area (Å²) in [5.74, 6) is -0.377. The maximum Gasteiger partial charge on any atom is 0.291 e. The van der Waals surface area contributed by atoms with E-state index in [1.54, 1.807) is 29.5 Å². The minimum absolute atomic E-state index is 0.284. The molecule has 0 aliphatic rings. The Labute approximate surface area is 135 Å². The lowest BCUT2D eigenvalue weighted by atomic mass is 10.2. The number of nitrogens with zero attached hydrogens (tertiary/aromatic N) is 2. The number of carbonyl (C=O) groups is 1. The first-order chi connectivity index (χ1) is 10.7. The van der Waals surface area contributed by atoms with Gasteiger partial charge in [-0.3, -0.25) is 9.89 Å². The molecule has 0 spiro atoms. The summed E-state index contributed by atoms with van der Waals surface area (Å²) in [5.41, 5.74) is 4.32. The molecule has 3 aromatic rings. The average molecular weight is 331 g/mol. The number of hydrogen-bond acceptors (Lipinski definition) is 4. The Kier molecular flexibility index (Phi) is 4.32. The molecule has 0 unspecified atom stereocenters. The van der Waals surface area contributed by atoms with Crippen LogP contribution in [0.1, 0.15) is 16.1 Å². The standard InChI is InChI=1S/C15H11ClN4OS/c16-11-4-1-3-10(7-11)9-17-20-15(21)13-8-12(18-19-13)14-5-2-6-22-14/h1-9H,(H,18,19)(H,20,21). The lowest BCUT2D eigenvalue weighted by molar-refractivity contribution is 0.0950. The number of hydrogen-bond donors (Lipinski definition) is 2. The molecule has 1 amide bonds. The highest BCUT2D eigenvalue weighted by atomic mass is 35.5. The maximum absolute atomic E-state index is 12.0. The summed E-state index contributed by atoms with van der Waals surface area (Å²) in [7, 11) is 0. The molecule has 2 aromatic heterocycles. The van der Waals surface area contributed by atoms with Gasteiger partial charge in [-0.1, -0.05) is 29.8 Å². The van der Waals surface area contributed by atoms with E-state index < -0.39 is 0 Å². The van der Waals surface area contributed by atoms with Crippen LogP contribution >= 0.6 is 22.9 Å². The van der Waals surface area contributed by atoms with E-state index in [1.807, 2.05) is 29.6 Å². The lowest BCUT2D eigenvalue weighted by Crippen LogP contribution is -2.17. The van der Waals surface area contributed by atoms with Crippen molar-refractivity contribution in [2.75, 3.05) is 0 Å². The molecule has 2 N–H and O–H groups in total. The van der Waals surface area contributed by atoms with Gasteiger partial charge >= 0.3 is 0 Å². The molecule has 0 aliphatic carbocycles. The second-order valence-electron chi connectivity index (χ2n) is 4.40.